The summed E-state index contributed by atoms with van der Waals surface area (Å²) >= 11 is 3.43. The highest BCUT2D eigenvalue weighted by molar-refractivity contribution is 9.09. The monoisotopic (exact) mass is 951 g/mol. The molecule has 6 aromatic rings. The van der Waals surface area contributed by atoms with Crippen LogP contribution in [0.25, 0.3) is 44.5 Å². The van der Waals surface area contributed by atoms with Gasteiger partial charge in [-0.25, -0.2) is 0 Å². The Balaban J connectivity index is 1.12. The molecule has 0 aliphatic carbocycles. The minimum Gasteiger partial charge on any atom is -0.307 e. The zero-order valence-electron chi connectivity index (χ0n) is 38.2. The van der Waals surface area contributed by atoms with Crippen LogP contribution in [0.3, 0.4) is 0 Å². The van der Waals surface area contributed by atoms with Crippen molar-refractivity contribution >= 4 is 15.9 Å². The molecule has 1 N–H and O–H groups in total. The van der Waals surface area contributed by atoms with E-state index in [4.69, 9.17) is 0 Å². The van der Waals surface area contributed by atoms with E-state index in [0.29, 0.717) is 25.7 Å². The molecule has 7 rings (SSSR count). The number of nitrogens with one attached hydrogen (secondary N) is 1. The molecule has 0 saturated carbocycles. The summed E-state index contributed by atoms with van der Waals surface area (Å²) in [7, 11) is 0. The van der Waals surface area contributed by atoms with E-state index in [1.54, 1.807) is 72.8 Å². The van der Waals surface area contributed by atoms with Crippen LogP contribution >= 0.6 is 15.9 Å². The van der Waals surface area contributed by atoms with Gasteiger partial charge in [0, 0.05) is 16.4 Å². The lowest BCUT2D eigenvalue weighted by molar-refractivity contribution is -0.192. The van der Waals surface area contributed by atoms with Gasteiger partial charge in [0.25, 0.3) is 0 Å². The predicted octanol–water partition coefficient (Wildman–Crippen LogP) is 17.2. The second-order valence-corrected chi connectivity index (χ2v) is 20.6. The van der Waals surface area contributed by atoms with Gasteiger partial charge in [0.05, 0.1) is 5.41 Å². The van der Waals surface area contributed by atoms with E-state index in [-0.39, 0.29) is 46.5 Å². The van der Waals surface area contributed by atoms with Gasteiger partial charge >= 0.3 is 12.4 Å². The molecule has 0 spiro atoms. The summed E-state index contributed by atoms with van der Waals surface area (Å²) in [6.07, 6.45) is -5.90. The Kier molecular flexibility index (Phi) is 14.0. The third-order valence-corrected chi connectivity index (χ3v) is 14.3. The number of benzene rings is 6. The molecular formula is C57H60BrF6N. The van der Waals surface area contributed by atoms with Gasteiger partial charge in [-0.2, -0.15) is 26.3 Å². The molecule has 0 aromatic heterocycles. The third-order valence-electron chi connectivity index (χ3n) is 13.7. The molecule has 1 nitrogen and oxygen atoms in total. The fourth-order valence-corrected chi connectivity index (χ4v) is 11.0. The predicted molar refractivity (Wildman–Crippen MR) is 261 cm³/mol. The van der Waals surface area contributed by atoms with E-state index in [2.05, 4.69) is 73.2 Å². The highest BCUT2D eigenvalue weighted by Crippen LogP contribution is 2.52. The summed E-state index contributed by atoms with van der Waals surface area (Å²) in [6, 6.07) is 44.3. The maximum Gasteiger partial charge on any atom is 0.402 e. The SMILES string of the molecule is Cc1ccc(-c2ccc(-c3ccc(C(CCCCCBr)(c4ccc(-c5ccc(-c6ccc(C(C)(CC7CC(C)(C)NC(C)(C)C7)C(F)(F)F)cc6)cc5)cc4)C(F)(F)F)cc3)cc2)cc1. The van der Waals surface area contributed by atoms with Gasteiger partial charge in [-0.05, 0) is 141 Å². The molecule has 1 fully saturated rings. The normalized spacial score (nSPS) is 17.3. The number of hydrogen-bond acceptors (Lipinski definition) is 1. The fourth-order valence-electron chi connectivity index (χ4n) is 10.6. The number of unbranched alkanes of at least 4 members (excludes halogenated alkanes) is 2. The Morgan fingerprint density at radius 2 is 0.800 bits per heavy atom. The van der Waals surface area contributed by atoms with Gasteiger partial charge in [-0.3, -0.25) is 0 Å². The lowest BCUT2D eigenvalue weighted by Crippen LogP contribution is -2.58. The molecule has 2 atom stereocenters. The summed E-state index contributed by atoms with van der Waals surface area (Å²) < 4.78 is 92.2. The van der Waals surface area contributed by atoms with Crippen LogP contribution in [0.1, 0.15) is 102 Å². The van der Waals surface area contributed by atoms with E-state index < -0.39 is 23.2 Å². The van der Waals surface area contributed by atoms with Crippen LogP contribution in [0, 0.1) is 12.8 Å². The van der Waals surface area contributed by atoms with Crippen molar-refractivity contribution in [3.63, 3.8) is 0 Å². The molecule has 1 aliphatic heterocycles. The molecular weight excluding hydrogens is 893 g/mol. The summed E-state index contributed by atoms with van der Waals surface area (Å²) in [6.45, 7) is 11.6. The molecule has 1 saturated heterocycles. The number of alkyl halides is 7. The smallest absolute Gasteiger partial charge is 0.307 e. The lowest BCUT2D eigenvalue weighted by atomic mass is 9.67. The average molecular weight is 953 g/mol. The molecule has 0 radical (unpaired) electrons. The topological polar surface area (TPSA) is 12.0 Å². The number of rotatable bonds is 14. The summed E-state index contributed by atoms with van der Waals surface area (Å²) in [5, 5.41) is 4.32. The minimum absolute atomic E-state index is 0.00993. The highest BCUT2D eigenvalue weighted by Gasteiger charge is 2.57. The summed E-state index contributed by atoms with van der Waals surface area (Å²) in [4.78, 5) is 0. The van der Waals surface area contributed by atoms with Crippen molar-refractivity contribution in [2.75, 3.05) is 5.33 Å². The Bertz CT molecular complexity index is 2470. The average Bonchev–Trinajstić information content (AvgIpc) is 3.25. The van der Waals surface area contributed by atoms with E-state index in [0.717, 1.165) is 56.3 Å². The van der Waals surface area contributed by atoms with Crippen LogP contribution < -0.4 is 5.32 Å². The van der Waals surface area contributed by atoms with Crippen molar-refractivity contribution < 1.29 is 26.3 Å². The molecule has 8 heteroatoms. The van der Waals surface area contributed by atoms with Crippen molar-refractivity contribution in [3.8, 4) is 44.5 Å². The van der Waals surface area contributed by atoms with E-state index >= 15 is 13.2 Å². The first-order chi connectivity index (χ1) is 30.6. The van der Waals surface area contributed by atoms with Crippen LogP contribution in [0.15, 0.2) is 146 Å². The number of halogens is 7. The van der Waals surface area contributed by atoms with Crippen molar-refractivity contribution in [3.05, 3.63) is 168 Å². The van der Waals surface area contributed by atoms with Gasteiger partial charge in [-0.1, -0.05) is 180 Å². The van der Waals surface area contributed by atoms with Gasteiger partial charge < -0.3 is 5.32 Å². The van der Waals surface area contributed by atoms with Gasteiger partial charge in [0.1, 0.15) is 5.41 Å². The first kappa shape index (κ1) is 48.3. The summed E-state index contributed by atoms with van der Waals surface area (Å²) in [5.74, 6) is -0.103. The Morgan fingerprint density at radius 3 is 1.12 bits per heavy atom. The van der Waals surface area contributed by atoms with Crippen LogP contribution in [0.2, 0.25) is 0 Å². The maximum atomic E-state index is 15.8. The molecule has 0 bridgehead atoms. The quantitative estimate of drug-likeness (QED) is 0.0652. The molecule has 1 heterocycles. The first-order valence-electron chi connectivity index (χ1n) is 22.7. The molecule has 2 unspecified atom stereocenters. The first-order valence-corrected chi connectivity index (χ1v) is 23.8. The van der Waals surface area contributed by atoms with Gasteiger partial charge in [-0.15, -0.1) is 0 Å². The third kappa shape index (κ3) is 10.7. The van der Waals surface area contributed by atoms with E-state index in [9.17, 15) is 13.2 Å². The van der Waals surface area contributed by atoms with Crippen LogP contribution in [-0.4, -0.2) is 28.8 Å². The Morgan fingerprint density at radius 1 is 0.477 bits per heavy atom. The molecule has 6 aromatic carbocycles. The van der Waals surface area contributed by atoms with Gasteiger partial charge in [0.2, 0.25) is 0 Å². The van der Waals surface area contributed by atoms with Gasteiger partial charge in [0.15, 0.2) is 0 Å². The number of aryl methyl sites for hydroxylation is 1. The van der Waals surface area contributed by atoms with Crippen molar-refractivity contribution in [1.82, 2.24) is 5.32 Å². The van der Waals surface area contributed by atoms with Crippen LogP contribution in [0.4, 0.5) is 26.3 Å². The van der Waals surface area contributed by atoms with E-state index in [1.807, 2.05) is 55.5 Å². The lowest BCUT2D eigenvalue weighted by Gasteiger charge is -2.48. The highest BCUT2D eigenvalue weighted by atomic mass is 79.9. The van der Waals surface area contributed by atoms with Crippen molar-refractivity contribution in [1.29, 1.82) is 0 Å². The standard InChI is InChI=1S/C57H60BrF6N/c1-39-10-12-41(13-11-39)42-14-16-44(17-15-42)47-24-30-50(31-25-47)55(57(62,63)64,34-8-7-9-35-58)51-32-26-48(27-33-51)45-20-18-43(19-21-45)46-22-28-49(29-23-46)54(6,56(59,60)61)38-40-36-52(2,3)65-53(4,5)37-40/h10-33,40,65H,7-9,34-38H2,1-6H3. The minimum atomic E-state index is -4.57. The largest absolute Gasteiger partial charge is 0.402 e. The van der Waals surface area contributed by atoms with Crippen molar-refractivity contribution in [2.24, 2.45) is 5.92 Å². The Hall–Kier alpha value is -4.66. The zero-order valence-corrected chi connectivity index (χ0v) is 39.8. The second-order valence-electron chi connectivity index (χ2n) is 19.9. The van der Waals surface area contributed by atoms with Crippen LogP contribution in [0.5, 0.6) is 0 Å². The number of piperidine rings is 1. The molecule has 1 aliphatic rings. The fraction of sp³-hybridized carbons (Fsp3) is 0.368. The molecule has 65 heavy (non-hydrogen) atoms. The van der Waals surface area contributed by atoms with E-state index in [1.165, 1.54) is 12.5 Å². The number of hydrogen-bond donors (Lipinski definition) is 1. The maximum absolute atomic E-state index is 15.8. The van der Waals surface area contributed by atoms with Crippen molar-refractivity contribution in [2.45, 2.75) is 121 Å². The second kappa shape index (κ2) is 18.9. The molecule has 0 amide bonds. The Labute approximate surface area is 390 Å². The zero-order chi connectivity index (χ0) is 46.8. The van der Waals surface area contributed by atoms with Crippen LogP contribution in [-0.2, 0) is 10.8 Å². The molecule has 342 valence electrons. The summed E-state index contributed by atoms with van der Waals surface area (Å²) in [5.41, 5.74) is 4.23.